The van der Waals surface area contributed by atoms with Crippen molar-refractivity contribution in [2.75, 3.05) is 0 Å². The number of hydrogen-bond donors (Lipinski definition) is 1. The standard InChI is InChI=1S/C15H21N3/c1-11-5-6-12(9-14(11)15(2,3)4)7-8-13-10-16-18-17-13/h5-6,9-10H,7-8H2,1-4H3,(H,16,17,18). The smallest absolute Gasteiger partial charge is 0.0828 e. The van der Waals surface area contributed by atoms with Gasteiger partial charge in [-0.05, 0) is 41.9 Å². The highest BCUT2D eigenvalue weighted by atomic mass is 15.3. The molecule has 3 heteroatoms. The molecule has 0 saturated heterocycles. The second kappa shape index (κ2) is 4.92. The van der Waals surface area contributed by atoms with Crippen LogP contribution >= 0.6 is 0 Å². The van der Waals surface area contributed by atoms with Crippen molar-refractivity contribution < 1.29 is 0 Å². The minimum absolute atomic E-state index is 0.202. The van der Waals surface area contributed by atoms with E-state index in [4.69, 9.17) is 0 Å². The number of rotatable bonds is 3. The van der Waals surface area contributed by atoms with Gasteiger partial charge in [-0.15, -0.1) is 0 Å². The molecular weight excluding hydrogens is 222 g/mol. The van der Waals surface area contributed by atoms with E-state index in [1.54, 1.807) is 6.20 Å². The van der Waals surface area contributed by atoms with E-state index in [9.17, 15) is 0 Å². The predicted molar refractivity (Wildman–Crippen MR) is 73.7 cm³/mol. The Hall–Kier alpha value is -1.64. The van der Waals surface area contributed by atoms with Crippen LogP contribution in [0.1, 0.15) is 43.2 Å². The molecule has 0 aliphatic carbocycles. The molecule has 0 atom stereocenters. The predicted octanol–water partition coefficient (Wildman–Crippen LogP) is 3.20. The Kier molecular flexibility index (Phi) is 3.50. The second-order valence-electron chi connectivity index (χ2n) is 5.86. The number of hydrogen-bond acceptors (Lipinski definition) is 2. The van der Waals surface area contributed by atoms with Crippen LogP contribution in [0.25, 0.3) is 0 Å². The molecule has 2 rings (SSSR count). The van der Waals surface area contributed by atoms with Crippen LogP contribution in [0.5, 0.6) is 0 Å². The number of benzene rings is 1. The van der Waals surface area contributed by atoms with Gasteiger partial charge in [0.2, 0.25) is 0 Å². The molecule has 0 unspecified atom stereocenters. The minimum atomic E-state index is 0.202. The largest absolute Gasteiger partial charge is 0.198 e. The van der Waals surface area contributed by atoms with Crippen LogP contribution in [0.3, 0.4) is 0 Å². The quantitative estimate of drug-likeness (QED) is 0.899. The number of H-pyrrole nitrogens is 1. The fraction of sp³-hybridized carbons (Fsp3) is 0.467. The topological polar surface area (TPSA) is 41.6 Å². The molecule has 1 aromatic carbocycles. The highest BCUT2D eigenvalue weighted by molar-refractivity contribution is 5.36. The summed E-state index contributed by atoms with van der Waals surface area (Å²) in [4.78, 5) is 0. The highest BCUT2D eigenvalue weighted by Gasteiger charge is 2.16. The molecule has 3 nitrogen and oxygen atoms in total. The third-order valence-electron chi connectivity index (χ3n) is 3.24. The van der Waals surface area contributed by atoms with Gasteiger partial charge in [-0.1, -0.05) is 39.0 Å². The lowest BCUT2D eigenvalue weighted by atomic mass is 9.83. The molecule has 0 aliphatic heterocycles. The van der Waals surface area contributed by atoms with Gasteiger partial charge in [0.15, 0.2) is 0 Å². The van der Waals surface area contributed by atoms with Gasteiger partial charge in [0.05, 0.1) is 11.9 Å². The summed E-state index contributed by atoms with van der Waals surface area (Å²) in [5.41, 5.74) is 5.39. The van der Waals surface area contributed by atoms with Crippen LogP contribution in [0, 0.1) is 6.92 Å². The van der Waals surface area contributed by atoms with Gasteiger partial charge in [-0.25, -0.2) is 0 Å². The molecule has 1 aromatic heterocycles. The van der Waals surface area contributed by atoms with Crippen LogP contribution in [-0.2, 0) is 18.3 Å². The first-order chi connectivity index (χ1) is 8.47. The molecule has 1 N–H and O–H groups in total. The molecule has 0 aliphatic rings. The first kappa shape index (κ1) is 12.8. The van der Waals surface area contributed by atoms with Gasteiger partial charge in [0.1, 0.15) is 0 Å². The Labute approximate surface area is 109 Å². The Morgan fingerprint density at radius 1 is 1.17 bits per heavy atom. The molecule has 96 valence electrons. The lowest BCUT2D eigenvalue weighted by Gasteiger charge is -2.22. The maximum Gasteiger partial charge on any atom is 0.0828 e. The Balaban J connectivity index is 2.15. The summed E-state index contributed by atoms with van der Waals surface area (Å²) in [7, 11) is 0. The van der Waals surface area contributed by atoms with Crippen molar-refractivity contribution in [1.82, 2.24) is 15.4 Å². The summed E-state index contributed by atoms with van der Waals surface area (Å²) in [5.74, 6) is 0. The molecule has 2 aromatic rings. The van der Waals surface area contributed by atoms with Gasteiger partial charge in [-0.3, -0.25) is 0 Å². The van der Waals surface area contributed by atoms with E-state index in [-0.39, 0.29) is 5.41 Å². The average Bonchev–Trinajstić information content (AvgIpc) is 2.79. The molecule has 0 bridgehead atoms. The van der Waals surface area contributed by atoms with Gasteiger partial charge in [0.25, 0.3) is 0 Å². The van der Waals surface area contributed by atoms with Crippen LogP contribution in [-0.4, -0.2) is 15.4 Å². The molecule has 1 heterocycles. The van der Waals surface area contributed by atoms with Crippen molar-refractivity contribution in [1.29, 1.82) is 0 Å². The van der Waals surface area contributed by atoms with Crippen molar-refractivity contribution in [2.45, 2.75) is 46.0 Å². The fourth-order valence-corrected chi connectivity index (χ4v) is 2.25. The van der Waals surface area contributed by atoms with Crippen molar-refractivity contribution in [3.63, 3.8) is 0 Å². The minimum Gasteiger partial charge on any atom is -0.198 e. The highest BCUT2D eigenvalue weighted by Crippen LogP contribution is 2.26. The van der Waals surface area contributed by atoms with Crippen molar-refractivity contribution >= 4 is 0 Å². The zero-order valence-electron chi connectivity index (χ0n) is 11.6. The third kappa shape index (κ3) is 2.97. The Morgan fingerprint density at radius 2 is 1.94 bits per heavy atom. The maximum atomic E-state index is 4.08. The monoisotopic (exact) mass is 243 g/mol. The summed E-state index contributed by atoms with van der Waals surface area (Å²) >= 11 is 0. The SMILES string of the molecule is Cc1ccc(CCc2cn[nH]n2)cc1C(C)(C)C. The first-order valence-corrected chi connectivity index (χ1v) is 6.41. The zero-order valence-corrected chi connectivity index (χ0v) is 11.6. The van der Waals surface area contributed by atoms with Gasteiger partial charge in [-0.2, -0.15) is 15.4 Å². The molecular formula is C15H21N3. The number of aromatic amines is 1. The number of nitrogens with zero attached hydrogens (tertiary/aromatic N) is 2. The molecule has 0 amide bonds. The second-order valence-corrected chi connectivity index (χ2v) is 5.86. The maximum absolute atomic E-state index is 4.08. The van der Waals surface area contributed by atoms with Crippen molar-refractivity contribution in [3.05, 3.63) is 46.8 Å². The summed E-state index contributed by atoms with van der Waals surface area (Å²) in [6, 6.07) is 6.76. The Bertz CT molecular complexity index is 507. The van der Waals surface area contributed by atoms with Crippen LogP contribution in [0.2, 0.25) is 0 Å². The third-order valence-corrected chi connectivity index (χ3v) is 3.24. The van der Waals surface area contributed by atoms with E-state index < -0.39 is 0 Å². The molecule has 0 fully saturated rings. The summed E-state index contributed by atoms with van der Waals surface area (Å²) < 4.78 is 0. The van der Waals surface area contributed by atoms with Crippen molar-refractivity contribution in [3.8, 4) is 0 Å². The fourth-order valence-electron chi connectivity index (χ4n) is 2.25. The summed E-state index contributed by atoms with van der Waals surface area (Å²) in [6.45, 7) is 8.96. The van der Waals surface area contributed by atoms with E-state index in [1.807, 2.05) is 0 Å². The van der Waals surface area contributed by atoms with E-state index in [0.717, 1.165) is 18.5 Å². The number of nitrogens with one attached hydrogen (secondary N) is 1. The van der Waals surface area contributed by atoms with Gasteiger partial charge >= 0.3 is 0 Å². The molecule has 18 heavy (non-hydrogen) atoms. The first-order valence-electron chi connectivity index (χ1n) is 6.41. The van der Waals surface area contributed by atoms with E-state index in [1.165, 1.54) is 16.7 Å². The van der Waals surface area contributed by atoms with E-state index in [0.29, 0.717) is 0 Å². The van der Waals surface area contributed by atoms with Crippen LogP contribution in [0.4, 0.5) is 0 Å². The summed E-state index contributed by atoms with van der Waals surface area (Å²) in [5, 5.41) is 10.6. The van der Waals surface area contributed by atoms with Crippen LogP contribution < -0.4 is 0 Å². The molecule has 0 spiro atoms. The lowest BCUT2D eigenvalue weighted by molar-refractivity contribution is 0.585. The van der Waals surface area contributed by atoms with Gasteiger partial charge in [0, 0.05) is 0 Å². The summed E-state index contributed by atoms with van der Waals surface area (Å²) in [6.07, 6.45) is 3.73. The van der Waals surface area contributed by atoms with E-state index >= 15 is 0 Å². The molecule has 0 radical (unpaired) electrons. The molecule has 0 saturated carbocycles. The van der Waals surface area contributed by atoms with Crippen molar-refractivity contribution in [2.24, 2.45) is 0 Å². The lowest BCUT2D eigenvalue weighted by Crippen LogP contribution is -2.13. The van der Waals surface area contributed by atoms with Crippen LogP contribution in [0.15, 0.2) is 24.4 Å². The number of aromatic nitrogens is 3. The van der Waals surface area contributed by atoms with E-state index in [2.05, 4.69) is 61.3 Å². The Morgan fingerprint density at radius 3 is 2.56 bits per heavy atom. The number of aryl methyl sites for hydroxylation is 3. The normalized spacial score (nSPS) is 11.8. The van der Waals surface area contributed by atoms with Gasteiger partial charge < -0.3 is 0 Å². The average molecular weight is 243 g/mol. The zero-order chi connectivity index (χ0) is 13.2.